The summed E-state index contributed by atoms with van der Waals surface area (Å²) in [6, 6.07) is 13.1. The number of hydrogen-bond donors (Lipinski definition) is 2. The second-order valence-electron chi connectivity index (χ2n) is 6.75. The molecule has 1 aliphatic rings. The Kier molecular flexibility index (Phi) is 5.57. The second kappa shape index (κ2) is 8.45. The summed E-state index contributed by atoms with van der Waals surface area (Å²) in [5.74, 6) is -0.618. The molecule has 0 aliphatic carbocycles. The van der Waals surface area contributed by atoms with Gasteiger partial charge in [-0.2, -0.15) is 5.10 Å². The van der Waals surface area contributed by atoms with Gasteiger partial charge >= 0.3 is 0 Å². The number of anilines is 4. The predicted molar refractivity (Wildman–Crippen MR) is 113 cm³/mol. The van der Waals surface area contributed by atoms with Gasteiger partial charge in [0.05, 0.1) is 22.5 Å². The van der Waals surface area contributed by atoms with E-state index in [0.29, 0.717) is 11.5 Å². The average Bonchev–Trinajstić information content (AvgIpc) is 3.25. The molecule has 1 aromatic heterocycles. The highest BCUT2D eigenvalue weighted by Gasteiger charge is 2.16. The number of amides is 1. The van der Waals surface area contributed by atoms with Crippen LogP contribution in [0.25, 0.3) is 0 Å². The number of benzene rings is 2. The zero-order chi connectivity index (χ0) is 20.2. The lowest BCUT2D eigenvalue weighted by molar-refractivity contribution is 0.102. The molecule has 1 amide bonds. The molecule has 0 atom stereocenters. The van der Waals surface area contributed by atoms with Gasteiger partial charge in [0.2, 0.25) is 0 Å². The van der Waals surface area contributed by atoms with Gasteiger partial charge < -0.3 is 15.5 Å². The van der Waals surface area contributed by atoms with Crippen molar-refractivity contribution in [1.29, 1.82) is 0 Å². The van der Waals surface area contributed by atoms with Crippen LogP contribution in [0.1, 0.15) is 23.2 Å². The summed E-state index contributed by atoms with van der Waals surface area (Å²) in [7, 11) is 0. The summed E-state index contributed by atoms with van der Waals surface area (Å²) in [6.07, 6.45) is 4.15. The van der Waals surface area contributed by atoms with E-state index in [2.05, 4.69) is 25.7 Å². The molecule has 0 saturated carbocycles. The summed E-state index contributed by atoms with van der Waals surface area (Å²) in [5, 5.41) is 14.1. The van der Waals surface area contributed by atoms with Gasteiger partial charge in [-0.3, -0.25) is 4.79 Å². The van der Waals surface area contributed by atoms with Crippen LogP contribution in [0.5, 0.6) is 0 Å². The van der Waals surface area contributed by atoms with Gasteiger partial charge in [-0.1, -0.05) is 17.7 Å². The van der Waals surface area contributed by atoms with Crippen LogP contribution < -0.4 is 15.5 Å². The van der Waals surface area contributed by atoms with Crippen molar-refractivity contribution in [3.63, 3.8) is 0 Å². The maximum absolute atomic E-state index is 13.9. The number of aromatic nitrogens is 2. The monoisotopic (exact) mass is 411 g/mol. The SMILES string of the molecule is O=C(Nc1ccc(Nc2cc(N3CCCC3)cnn2)cc1)c1c(F)cccc1Cl. The summed E-state index contributed by atoms with van der Waals surface area (Å²) in [6.45, 7) is 2.07. The average molecular weight is 412 g/mol. The Labute approximate surface area is 172 Å². The highest BCUT2D eigenvalue weighted by molar-refractivity contribution is 6.34. The molecule has 1 aliphatic heterocycles. The van der Waals surface area contributed by atoms with E-state index in [-0.39, 0.29) is 10.6 Å². The van der Waals surface area contributed by atoms with Crippen molar-refractivity contribution in [2.75, 3.05) is 28.6 Å². The Bertz CT molecular complexity index is 1000. The van der Waals surface area contributed by atoms with Gasteiger partial charge in [-0.05, 0) is 49.2 Å². The lowest BCUT2D eigenvalue weighted by Crippen LogP contribution is -2.18. The topological polar surface area (TPSA) is 70.2 Å². The molecule has 1 fully saturated rings. The van der Waals surface area contributed by atoms with Crippen LogP contribution >= 0.6 is 11.6 Å². The number of nitrogens with one attached hydrogen (secondary N) is 2. The summed E-state index contributed by atoms with van der Waals surface area (Å²) in [5.41, 5.74) is 2.19. The Morgan fingerprint density at radius 2 is 1.79 bits per heavy atom. The number of halogens is 2. The fourth-order valence-electron chi connectivity index (χ4n) is 3.26. The van der Waals surface area contributed by atoms with E-state index in [1.54, 1.807) is 30.5 Å². The molecule has 0 unspecified atom stereocenters. The van der Waals surface area contributed by atoms with E-state index in [1.165, 1.54) is 31.0 Å². The predicted octanol–water partition coefficient (Wildman–Crippen LogP) is 4.87. The molecule has 3 aromatic rings. The molecule has 8 heteroatoms. The molecular formula is C21H19ClFN5O. The highest BCUT2D eigenvalue weighted by atomic mass is 35.5. The minimum absolute atomic E-state index is 0.0669. The van der Waals surface area contributed by atoms with Crippen LogP contribution in [-0.2, 0) is 0 Å². The molecule has 0 bridgehead atoms. The van der Waals surface area contributed by atoms with Crippen LogP contribution in [0, 0.1) is 5.82 Å². The fraction of sp³-hybridized carbons (Fsp3) is 0.190. The maximum atomic E-state index is 13.9. The molecule has 0 spiro atoms. The van der Waals surface area contributed by atoms with Crippen LogP contribution in [0.3, 0.4) is 0 Å². The first-order chi connectivity index (χ1) is 14.1. The van der Waals surface area contributed by atoms with Crippen molar-refractivity contribution in [2.45, 2.75) is 12.8 Å². The van der Waals surface area contributed by atoms with E-state index < -0.39 is 11.7 Å². The second-order valence-corrected chi connectivity index (χ2v) is 7.15. The summed E-state index contributed by atoms with van der Waals surface area (Å²) in [4.78, 5) is 14.6. The minimum atomic E-state index is -0.662. The Morgan fingerprint density at radius 3 is 2.52 bits per heavy atom. The molecule has 6 nitrogen and oxygen atoms in total. The molecular weight excluding hydrogens is 393 g/mol. The van der Waals surface area contributed by atoms with Gasteiger partial charge in [0.15, 0.2) is 5.82 Å². The highest BCUT2D eigenvalue weighted by Crippen LogP contribution is 2.24. The van der Waals surface area contributed by atoms with E-state index in [0.717, 1.165) is 24.5 Å². The number of nitrogens with zero attached hydrogens (tertiary/aromatic N) is 3. The normalized spacial score (nSPS) is 13.4. The number of carbonyl (C=O) groups excluding carboxylic acids is 1. The zero-order valence-corrected chi connectivity index (χ0v) is 16.3. The first-order valence-corrected chi connectivity index (χ1v) is 9.68. The van der Waals surface area contributed by atoms with E-state index >= 15 is 0 Å². The first-order valence-electron chi connectivity index (χ1n) is 9.30. The van der Waals surface area contributed by atoms with Gasteiger partial charge in [-0.25, -0.2) is 4.39 Å². The van der Waals surface area contributed by atoms with E-state index in [9.17, 15) is 9.18 Å². The molecule has 29 heavy (non-hydrogen) atoms. The van der Waals surface area contributed by atoms with Crippen LogP contribution in [0.4, 0.5) is 27.3 Å². The molecule has 2 aromatic carbocycles. The van der Waals surface area contributed by atoms with Gasteiger partial charge in [0.25, 0.3) is 5.91 Å². The molecule has 4 rings (SSSR count). The van der Waals surface area contributed by atoms with Crippen molar-refractivity contribution in [3.05, 3.63) is 71.1 Å². The van der Waals surface area contributed by atoms with Crippen LogP contribution in [-0.4, -0.2) is 29.2 Å². The molecule has 2 heterocycles. The van der Waals surface area contributed by atoms with Gasteiger partial charge in [0.1, 0.15) is 5.82 Å². The Morgan fingerprint density at radius 1 is 1.07 bits per heavy atom. The van der Waals surface area contributed by atoms with Crippen molar-refractivity contribution in [3.8, 4) is 0 Å². The van der Waals surface area contributed by atoms with Crippen molar-refractivity contribution in [2.24, 2.45) is 0 Å². The Hall–Kier alpha value is -3.19. The van der Waals surface area contributed by atoms with Gasteiger partial charge in [0, 0.05) is 30.5 Å². The molecule has 2 N–H and O–H groups in total. The number of carbonyl (C=O) groups is 1. The molecule has 0 radical (unpaired) electrons. The van der Waals surface area contributed by atoms with E-state index in [4.69, 9.17) is 11.6 Å². The van der Waals surface area contributed by atoms with Crippen molar-refractivity contribution < 1.29 is 9.18 Å². The van der Waals surface area contributed by atoms with Crippen LogP contribution in [0.15, 0.2) is 54.7 Å². The maximum Gasteiger partial charge on any atom is 0.260 e. The third-order valence-electron chi connectivity index (χ3n) is 4.72. The molecule has 1 saturated heterocycles. The van der Waals surface area contributed by atoms with Crippen LogP contribution in [0.2, 0.25) is 5.02 Å². The third kappa shape index (κ3) is 4.46. The van der Waals surface area contributed by atoms with Crippen molar-refractivity contribution >= 4 is 40.4 Å². The molecule has 148 valence electrons. The summed E-state index contributed by atoms with van der Waals surface area (Å²) >= 11 is 5.94. The van der Waals surface area contributed by atoms with Gasteiger partial charge in [-0.15, -0.1) is 5.10 Å². The fourth-order valence-corrected chi connectivity index (χ4v) is 3.51. The minimum Gasteiger partial charge on any atom is -0.370 e. The zero-order valence-electron chi connectivity index (χ0n) is 15.5. The van der Waals surface area contributed by atoms with Crippen molar-refractivity contribution in [1.82, 2.24) is 10.2 Å². The summed E-state index contributed by atoms with van der Waals surface area (Å²) < 4.78 is 13.9. The van der Waals surface area contributed by atoms with E-state index in [1.807, 2.05) is 6.07 Å². The lowest BCUT2D eigenvalue weighted by atomic mass is 10.2. The third-order valence-corrected chi connectivity index (χ3v) is 5.03. The number of rotatable bonds is 5. The first kappa shape index (κ1) is 19.1. The Balaban J connectivity index is 1.43. The largest absolute Gasteiger partial charge is 0.370 e. The standard InChI is InChI=1S/C21H19ClFN5O/c22-17-4-3-5-18(23)20(17)21(29)26-15-8-6-14(7-9-15)25-19-12-16(13-24-27-19)28-10-1-2-11-28/h3-9,12-13H,1-2,10-11H2,(H,25,27)(H,26,29). The number of hydrogen-bond acceptors (Lipinski definition) is 5. The lowest BCUT2D eigenvalue weighted by Gasteiger charge is -2.17. The quantitative estimate of drug-likeness (QED) is 0.627. The smallest absolute Gasteiger partial charge is 0.260 e.